The van der Waals surface area contributed by atoms with Gasteiger partial charge >= 0.3 is 44.9 Å². The Kier molecular flexibility index (Phi) is 1.50. The van der Waals surface area contributed by atoms with Gasteiger partial charge in [0, 0.05) is 0 Å². The Bertz CT molecular complexity index is 96.3. The van der Waals surface area contributed by atoms with Crippen LogP contribution < -0.4 is 0 Å². The second-order valence-corrected chi connectivity index (χ2v) is 1.86. The average molecular weight is 88.7 g/mol. The zero-order valence-electron chi connectivity index (χ0n) is 4.30. The topological polar surface area (TPSA) is 0 Å². The van der Waals surface area contributed by atoms with Gasteiger partial charge in [0.25, 0.3) is 0 Å². The predicted octanol–water partition coefficient (Wildman–Crippen LogP) is 0.490. The van der Waals surface area contributed by atoms with Gasteiger partial charge in [0.2, 0.25) is 0 Å². The van der Waals surface area contributed by atoms with E-state index in [0.717, 1.165) is 0 Å². The molecular formula is C5H7B2. The summed E-state index contributed by atoms with van der Waals surface area (Å²) in [6, 6.07) is 0. The Morgan fingerprint density at radius 2 is 2.57 bits per heavy atom. The summed E-state index contributed by atoms with van der Waals surface area (Å²) in [6.45, 7) is 0.569. The van der Waals surface area contributed by atoms with Gasteiger partial charge in [-0.1, -0.05) is 0 Å². The quantitative estimate of drug-likeness (QED) is 0.410. The van der Waals surface area contributed by atoms with Crippen LogP contribution in [0.25, 0.3) is 0 Å². The number of allylic oxidation sites excluding steroid dienone is 1. The first-order valence-electron chi connectivity index (χ1n) is 2.65. The molecule has 0 fully saturated rings. The molecule has 7 heavy (non-hydrogen) atoms. The summed E-state index contributed by atoms with van der Waals surface area (Å²) in [5.74, 6) is 3.91. The summed E-state index contributed by atoms with van der Waals surface area (Å²) in [4.78, 5) is 0. The van der Waals surface area contributed by atoms with Crippen molar-refractivity contribution in [3.63, 3.8) is 0 Å². The van der Waals surface area contributed by atoms with Crippen molar-refractivity contribution in [2.24, 2.45) is 0 Å². The van der Waals surface area contributed by atoms with Gasteiger partial charge in [-0.3, -0.25) is 0 Å². The van der Waals surface area contributed by atoms with E-state index < -0.39 is 0 Å². The van der Waals surface area contributed by atoms with E-state index in [4.69, 9.17) is 7.49 Å². The zero-order valence-corrected chi connectivity index (χ0v) is 4.30. The third-order valence-electron chi connectivity index (χ3n) is 1.30. The van der Waals surface area contributed by atoms with E-state index in [-0.39, 0.29) is 0 Å². The van der Waals surface area contributed by atoms with Gasteiger partial charge in [0.15, 0.2) is 0 Å². The van der Waals surface area contributed by atoms with Crippen LogP contribution in [0.15, 0.2) is 12.1 Å². The fourth-order valence-corrected chi connectivity index (χ4v) is 0.816. The first-order valence-corrected chi connectivity index (χ1v) is 2.65. The molecule has 0 amide bonds. The normalized spacial score (nSPS) is 17.9. The maximum atomic E-state index is 5.26. The van der Waals surface area contributed by atoms with Gasteiger partial charge in [0.1, 0.15) is 0 Å². The van der Waals surface area contributed by atoms with E-state index in [0.29, 0.717) is 6.71 Å². The molecule has 1 rings (SSSR count). The Labute approximate surface area is 45.8 Å². The molecule has 1 aliphatic rings. The molecule has 0 aromatic carbocycles. The molecule has 0 atom stereocenters. The van der Waals surface area contributed by atoms with E-state index in [1.54, 1.807) is 5.87 Å². The molecular weight excluding hydrogens is 81.7 g/mol. The SMILES string of the molecule is [B]=CB1C=CCC1. The fourth-order valence-electron chi connectivity index (χ4n) is 0.816. The molecule has 1 heterocycles. The van der Waals surface area contributed by atoms with Crippen LogP contribution >= 0.6 is 0 Å². The summed E-state index contributed by atoms with van der Waals surface area (Å²) in [7, 11) is 5.26. The van der Waals surface area contributed by atoms with Crippen LogP contribution in [0.3, 0.4) is 0 Å². The minimum absolute atomic E-state index is 0.569. The Balaban J connectivity index is 2.42. The second kappa shape index (κ2) is 2.15. The number of hydrogen-bond donors (Lipinski definition) is 0. The van der Waals surface area contributed by atoms with Crippen molar-refractivity contribution in [3.8, 4) is 0 Å². The van der Waals surface area contributed by atoms with Crippen molar-refractivity contribution in [2.45, 2.75) is 12.7 Å². The van der Waals surface area contributed by atoms with E-state index in [1.165, 1.54) is 12.7 Å². The molecule has 0 aromatic rings. The minimum atomic E-state index is 0.569. The van der Waals surface area contributed by atoms with E-state index >= 15 is 0 Å². The van der Waals surface area contributed by atoms with E-state index in [9.17, 15) is 0 Å². The van der Waals surface area contributed by atoms with Crippen molar-refractivity contribution in [3.05, 3.63) is 12.1 Å². The van der Waals surface area contributed by atoms with Gasteiger partial charge in [-0.05, 0) is 0 Å². The van der Waals surface area contributed by atoms with Crippen LogP contribution in [0.1, 0.15) is 6.42 Å². The third kappa shape index (κ3) is 1.05. The summed E-state index contributed by atoms with van der Waals surface area (Å²) in [6.07, 6.45) is 4.60. The molecule has 1 aliphatic heterocycles. The van der Waals surface area contributed by atoms with Crippen LogP contribution in [-0.4, -0.2) is 20.1 Å². The maximum absolute atomic E-state index is 5.26. The molecule has 0 saturated heterocycles. The van der Waals surface area contributed by atoms with Gasteiger partial charge in [-0.25, -0.2) is 0 Å². The molecule has 2 heteroatoms. The Morgan fingerprint density at radius 3 is 2.86 bits per heavy atom. The van der Waals surface area contributed by atoms with Crippen LogP contribution in [-0.2, 0) is 0 Å². The van der Waals surface area contributed by atoms with E-state index in [1.807, 2.05) is 0 Å². The molecule has 0 aliphatic carbocycles. The molecule has 0 N–H and O–H groups in total. The van der Waals surface area contributed by atoms with Crippen molar-refractivity contribution in [1.82, 2.24) is 0 Å². The fraction of sp³-hybridized carbons (Fsp3) is 0.400. The standard InChI is InChI=1S/C5H7B2/c6-5-7-3-1-2-4-7/h1,3,5H,2,4H2. The molecule has 33 valence electrons. The number of hydrogen-bond acceptors (Lipinski definition) is 0. The molecule has 0 unspecified atom stereocenters. The van der Waals surface area contributed by atoms with Crippen LogP contribution in [0, 0.1) is 0 Å². The number of rotatable bonds is 1. The van der Waals surface area contributed by atoms with Crippen LogP contribution in [0.4, 0.5) is 0 Å². The average Bonchev–Trinajstić information content (AvgIpc) is 2.14. The second-order valence-electron chi connectivity index (χ2n) is 1.86. The van der Waals surface area contributed by atoms with Crippen LogP contribution in [0.5, 0.6) is 0 Å². The van der Waals surface area contributed by atoms with Crippen LogP contribution in [0.2, 0.25) is 6.32 Å². The third-order valence-corrected chi connectivity index (χ3v) is 1.30. The molecule has 0 spiro atoms. The first-order chi connectivity index (χ1) is 3.43. The van der Waals surface area contributed by atoms with Crippen molar-refractivity contribution >= 4 is 20.1 Å². The van der Waals surface area contributed by atoms with E-state index in [2.05, 4.69) is 12.1 Å². The summed E-state index contributed by atoms with van der Waals surface area (Å²) < 4.78 is 0. The Morgan fingerprint density at radius 1 is 1.71 bits per heavy atom. The van der Waals surface area contributed by atoms with Gasteiger partial charge in [-0.2, -0.15) is 0 Å². The van der Waals surface area contributed by atoms with Crippen molar-refractivity contribution in [2.75, 3.05) is 0 Å². The predicted molar refractivity (Wildman–Crippen MR) is 36.1 cm³/mol. The first kappa shape index (κ1) is 4.89. The summed E-state index contributed by atoms with van der Waals surface area (Å²) in [5.41, 5.74) is 0. The Hall–Kier alpha value is -0.260. The van der Waals surface area contributed by atoms with Gasteiger partial charge < -0.3 is 0 Å². The molecule has 1 radical (unpaired) electrons. The molecule has 0 aromatic heterocycles. The summed E-state index contributed by atoms with van der Waals surface area (Å²) in [5, 5.41) is 0. The van der Waals surface area contributed by atoms with Crippen molar-refractivity contribution in [1.29, 1.82) is 0 Å². The summed E-state index contributed by atoms with van der Waals surface area (Å²) >= 11 is 0. The molecule has 0 bridgehead atoms. The van der Waals surface area contributed by atoms with Crippen molar-refractivity contribution < 1.29 is 0 Å². The van der Waals surface area contributed by atoms with Gasteiger partial charge in [0.05, 0.1) is 0 Å². The zero-order chi connectivity index (χ0) is 5.11. The molecule has 0 saturated carbocycles. The molecule has 0 nitrogen and oxygen atoms in total. The van der Waals surface area contributed by atoms with Gasteiger partial charge in [-0.15, -0.1) is 0 Å². The monoisotopic (exact) mass is 89.1 g/mol.